The topological polar surface area (TPSA) is 23.5 Å². The molecule has 0 aromatic heterocycles. The van der Waals surface area contributed by atoms with Crippen LogP contribution < -0.4 is 0 Å². The Morgan fingerprint density at radius 1 is 1.29 bits per heavy atom. The smallest absolute Gasteiger partial charge is 0.0639 e. The van der Waals surface area contributed by atoms with E-state index in [1.165, 1.54) is 32.4 Å². The molecule has 1 N–H and O–H groups in total. The van der Waals surface area contributed by atoms with Crippen molar-refractivity contribution in [3.63, 3.8) is 0 Å². The molecule has 0 radical (unpaired) electrons. The van der Waals surface area contributed by atoms with Crippen LogP contribution in [0.2, 0.25) is 0 Å². The standard InChI is InChI=1S/C12H23NO/c1-3-10-4-11-7-13(6-9(2)14)8-12(11)5-10/h9-12,14H,3-8H2,1-2H3. The summed E-state index contributed by atoms with van der Waals surface area (Å²) in [6.45, 7) is 7.57. The quantitative estimate of drug-likeness (QED) is 0.745. The molecular formula is C12H23NO. The molecule has 2 aliphatic rings. The van der Waals surface area contributed by atoms with Gasteiger partial charge in [0.05, 0.1) is 6.10 Å². The van der Waals surface area contributed by atoms with Crippen LogP contribution in [0.5, 0.6) is 0 Å². The van der Waals surface area contributed by atoms with Crippen LogP contribution in [0, 0.1) is 17.8 Å². The molecule has 1 saturated heterocycles. The first-order chi connectivity index (χ1) is 6.69. The van der Waals surface area contributed by atoms with Gasteiger partial charge in [-0.05, 0) is 37.5 Å². The second kappa shape index (κ2) is 4.19. The summed E-state index contributed by atoms with van der Waals surface area (Å²) in [6, 6.07) is 0. The van der Waals surface area contributed by atoms with E-state index < -0.39 is 0 Å². The number of β-amino-alcohol motifs (C(OH)–C–C–N with tert-alkyl or cyclic N) is 1. The zero-order valence-corrected chi connectivity index (χ0v) is 9.45. The third-order valence-electron chi connectivity index (χ3n) is 4.02. The Balaban J connectivity index is 1.81. The molecule has 2 fully saturated rings. The number of likely N-dealkylation sites (tertiary alicyclic amines) is 1. The number of aliphatic hydroxyl groups excluding tert-OH is 1. The van der Waals surface area contributed by atoms with E-state index in [4.69, 9.17) is 0 Å². The van der Waals surface area contributed by atoms with Gasteiger partial charge < -0.3 is 10.0 Å². The normalized spacial score (nSPS) is 40.1. The average Bonchev–Trinajstić information content (AvgIpc) is 2.59. The molecule has 82 valence electrons. The number of aliphatic hydroxyl groups is 1. The van der Waals surface area contributed by atoms with Gasteiger partial charge in [0.1, 0.15) is 0 Å². The third-order valence-corrected chi connectivity index (χ3v) is 4.02. The van der Waals surface area contributed by atoms with Crippen molar-refractivity contribution in [1.82, 2.24) is 4.90 Å². The van der Waals surface area contributed by atoms with Gasteiger partial charge in [-0.2, -0.15) is 0 Å². The number of nitrogens with zero attached hydrogens (tertiary/aromatic N) is 1. The average molecular weight is 197 g/mol. The highest BCUT2D eigenvalue weighted by atomic mass is 16.3. The molecule has 3 atom stereocenters. The van der Waals surface area contributed by atoms with Gasteiger partial charge in [-0.1, -0.05) is 13.3 Å². The van der Waals surface area contributed by atoms with Gasteiger partial charge in [-0.15, -0.1) is 0 Å². The number of rotatable bonds is 3. The van der Waals surface area contributed by atoms with Crippen molar-refractivity contribution in [2.75, 3.05) is 19.6 Å². The molecule has 0 aromatic carbocycles. The van der Waals surface area contributed by atoms with Crippen LogP contribution >= 0.6 is 0 Å². The first-order valence-corrected chi connectivity index (χ1v) is 6.09. The maximum Gasteiger partial charge on any atom is 0.0639 e. The summed E-state index contributed by atoms with van der Waals surface area (Å²) in [5.41, 5.74) is 0. The van der Waals surface area contributed by atoms with Crippen molar-refractivity contribution < 1.29 is 5.11 Å². The molecule has 14 heavy (non-hydrogen) atoms. The summed E-state index contributed by atoms with van der Waals surface area (Å²) >= 11 is 0. The second-order valence-electron chi connectivity index (χ2n) is 5.33. The lowest BCUT2D eigenvalue weighted by Gasteiger charge is -2.19. The fraction of sp³-hybridized carbons (Fsp3) is 1.00. The Morgan fingerprint density at radius 3 is 2.29 bits per heavy atom. The van der Waals surface area contributed by atoms with Gasteiger partial charge in [0.25, 0.3) is 0 Å². The SMILES string of the molecule is CCC1CC2CN(CC(C)O)CC2C1. The van der Waals surface area contributed by atoms with Gasteiger partial charge in [0.15, 0.2) is 0 Å². The second-order valence-corrected chi connectivity index (χ2v) is 5.33. The monoisotopic (exact) mass is 197 g/mol. The van der Waals surface area contributed by atoms with E-state index in [2.05, 4.69) is 11.8 Å². The van der Waals surface area contributed by atoms with Crippen molar-refractivity contribution in [2.24, 2.45) is 17.8 Å². The molecule has 3 unspecified atom stereocenters. The minimum Gasteiger partial charge on any atom is -0.392 e. The number of hydrogen-bond donors (Lipinski definition) is 1. The minimum atomic E-state index is -0.157. The lowest BCUT2D eigenvalue weighted by Crippen LogP contribution is -2.30. The molecule has 2 nitrogen and oxygen atoms in total. The zero-order valence-electron chi connectivity index (χ0n) is 9.45. The van der Waals surface area contributed by atoms with E-state index in [9.17, 15) is 5.11 Å². The predicted octanol–water partition coefficient (Wildman–Crippen LogP) is 1.74. The molecular weight excluding hydrogens is 174 g/mol. The highest BCUT2D eigenvalue weighted by molar-refractivity contribution is 4.92. The first-order valence-electron chi connectivity index (χ1n) is 6.09. The van der Waals surface area contributed by atoms with Crippen LogP contribution in [0.3, 0.4) is 0 Å². The van der Waals surface area contributed by atoms with Gasteiger partial charge in [0, 0.05) is 19.6 Å². The Morgan fingerprint density at radius 2 is 1.86 bits per heavy atom. The molecule has 0 spiro atoms. The van der Waals surface area contributed by atoms with E-state index in [0.717, 1.165) is 24.3 Å². The highest BCUT2D eigenvalue weighted by Crippen LogP contribution is 2.42. The van der Waals surface area contributed by atoms with Crippen LogP contribution in [0.15, 0.2) is 0 Å². The molecule has 0 bridgehead atoms. The summed E-state index contributed by atoms with van der Waals surface area (Å²) in [4.78, 5) is 2.45. The Hall–Kier alpha value is -0.0800. The van der Waals surface area contributed by atoms with Crippen molar-refractivity contribution in [3.8, 4) is 0 Å². The van der Waals surface area contributed by atoms with E-state index in [-0.39, 0.29) is 6.10 Å². The molecule has 1 heterocycles. The van der Waals surface area contributed by atoms with Crippen molar-refractivity contribution in [3.05, 3.63) is 0 Å². The Bertz CT molecular complexity index is 179. The molecule has 1 aliphatic carbocycles. The van der Waals surface area contributed by atoms with Gasteiger partial charge in [-0.25, -0.2) is 0 Å². The Labute approximate surface area is 87.3 Å². The first kappa shape index (κ1) is 10.4. The summed E-state index contributed by atoms with van der Waals surface area (Å²) in [7, 11) is 0. The summed E-state index contributed by atoms with van der Waals surface area (Å²) in [5.74, 6) is 2.89. The molecule has 0 aromatic rings. The number of hydrogen-bond acceptors (Lipinski definition) is 2. The fourth-order valence-electron chi connectivity index (χ4n) is 3.38. The van der Waals surface area contributed by atoms with E-state index >= 15 is 0 Å². The fourth-order valence-corrected chi connectivity index (χ4v) is 3.38. The summed E-state index contributed by atoms with van der Waals surface area (Å²) < 4.78 is 0. The van der Waals surface area contributed by atoms with Gasteiger partial charge in [-0.3, -0.25) is 0 Å². The minimum absolute atomic E-state index is 0.157. The van der Waals surface area contributed by atoms with Gasteiger partial charge in [0.2, 0.25) is 0 Å². The molecule has 0 amide bonds. The van der Waals surface area contributed by atoms with E-state index in [0.29, 0.717) is 0 Å². The summed E-state index contributed by atoms with van der Waals surface area (Å²) in [6.07, 6.45) is 4.09. The Kier molecular flexibility index (Phi) is 3.13. The van der Waals surface area contributed by atoms with Crippen LogP contribution in [0.25, 0.3) is 0 Å². The van der Waals surface area contributed by atoms with Crippen LogP contribution in [0.4, 0.5) is 0 Å². The molecule has 1 saturated carbocycles. The molecule has 2 rings (SSSR count). The van der Waals surface area contributed by atoms with Crippen LogP contribution in [0.1, 0.15) is 33.1 Å². The lowest BCUT2D eigenvalue weighted by molar-refractivity contribution is 0.135. The summed E-state index contributed by atoms with van der Waals surface area (Å²) in [5, 5.41) is 9.33. The number of fused-ring (bicyclic) bond motifs is 1. The maximum atomic E-state index is 9.33. The van der Waals surface area contributed by atoms with Gasteiger partial charge >= 0.3 is 0 Å². The van der Waals surface area contributed by atoms with E-state index in [1.807, 2.05) is 6.92 Å². The van der Waals surface area contributed by atoms with Crippen LogP contribution in [-0.4, -0.2) is 35.7 Å². The van der Waals surface area contributed by atoms with Crippen molar-refractivity contribution in [1.29, 1.82) is 0 Å². The maximum absolute atomic E-state index is 9.33. The van der Waals surface area contributed by atoms with Crippen LogP contribution in [-0.2, 0) is 0 Å². The third kappa shape index (κ3) is 2.12. The largest absolute Gasteiger partial charge is 0.392 e. The molecule has 1 aliphatic heterocycles. The van der Waals surface area contributed by atoms with E-state index in [1.54, 1.807) is 0 Å². The highest BCUT2D eigenvalue weighted by Gasteiger charge is 2.39. The lowest BCUT2D eigenvalue weighted by atomic mass is 10.0. The molecule has 2 heteroatoms. The zero-order chi connectivity index (χ0) is 10.1. The van der Waals surface area contributed by atoms with Crippen molar-refractivity contribution >= 4 is 0 Å². The predicted molar refractivity (Wildman–Crippen MR) is 58.1 cm³/mol. The van der Waals surface area contributed by atoms with Crippen molar-refractivity contribution in [2.45, 2.75) is 39.2 Å².